The number of aryl methyl sites for hydroxylation is 1. The summed E-state index contributed by atoms with van der Waals surface area (Å²) in [5, 5.41) is 7.35. The van der Waals surface area contributed by atoms with Crippen LogP contribution in [0.5, 0.6) is 0 Å². The first-order valence-electron chi connectivity index (χ1n) is 8.08. The topological polar surface area (TPSA) is 54.3 Å². The van der Waals surface area contributed by atoms with E-state index in [-0.39, 0.29) is 11.3 Å². The molecule has 2 aliphatic rings. The smallest absolute Gasteiger partial charge is 0.234 e. The fourth-order valence-electron chi connectivity index (χ4n) is 3.88. The van der Waals surface area contributed by atoms with E-state index in [9.17, 15) is 4.79 Å². The monoisotopic (exact) mass is 331 g/mol. The second kappa shape index (κ2) is 5.72. The maximum absolute atomic E-state index is 13.1. The molecule has 4 heterocycles. The van der Waals surface area contributed by atoms with Crippen LogP contribution in [0.15, 0.2) is 24.0 Å². The Bertz CT molecular complexity index is 697. The van der Waals surface area contributed by atoms with Crippen molar-refractivity contribution in [2.75, 3.05) is 24.5 Å². The quantitative estimate of drug-likeness (QED) is 0.862. The van der Waals surface area contributed by atoms with Gasteiger partial charge in [-0.3, -0.25) is 14.4 Å². The fourth-order valence-corrected chi connectivity index (χ4v) is 4.54. The highest BCUT2D eigenvalue weighted by atomic mass is 32.1. The minimum atomic E-state index is -0.217. The number of likely N-dealkylation sites (tertiary alicyclic amines) is 1. The summed E-state index contributed by atoms with van der Waals surface area (Å²) in [4.78, 5) is 21.8. The summed E-state index contributed by atoms with van der Waals surface area (Å²) in [6.45, 7) is 3.57. The minimum Gasteiger partial charge on any atom is -0.309 e. The predicted octanol–water partition coefficient (Wildman–Crippen LogP) is 1.90. The largest absolute Gasteiger partial charge is 0.309 e. The highest BCUT2D eigenvalue weighted by Gasteiger charge is 2.49. The van der Waals surface area contributed by atoms with E-state index in [2.05, 4.69) is 15.0 Å². The highest BCUT2D eigenvalue weighted by molar-refractivity contribution is 7.09. The van der Waals surface area contributed by atoms with E-state index in [0.717, 1.165) is 56.1 Å². The van der Waals surface area contributed by atoms with Gasteiger partial charge in [0.25, 0.3) is 0 Å². The molecule has 1 atom stereocenters. The molecule has 2 fully saturated rings. The number of hydrogen-bond acceptors (Lipinski definition) is 5. The number of rotatable bonds is 3. The summed E-state index contributed by atoms with van der Waals surface area (Å²) in [6, 6.07) is 0. The van der Waals surface area contributed by atoms with Gasteiger partial charge in [-0.1, -0.05) is 0 Å². The van der Waals surface area contributed by atoms with Crippen molar-refractivity contribution in [1.29, 1.82) is 0 Å². The summed E-state index contributed by atoms with van der Waals surface area (Å²) < 4.78 is 1.75. The Morgan fingerprint density at radius 3 is 3.00 bits per heavy atom. The average Bonchev–Trinajstić information content (AvgIpc) is 3.24. The number of hydrogen-bond donors (Lipinski definition) is 0. The molecule has 122 valence electrons. The molecule has 0 bridgehead atoms. The number of aromatic nitrogens is 3. The van der Waals surface area contributed by atoms with Gasteiger partial charge in [0.2, 0.25) is 5.91 Å². The SMILES string of the molecule is Cn1cc(N2CC[C@@]3(CCCN(Cc4nccs4)C3)C2=O)cn1. The van der Waals surface area contributed by atoms with Crippen LogP contribution in [0.4, 0.5) is 5.69 Å². The van der Waals surface area contributed by atoms with Crippen molar-refractivity contribution in [3.63, 3.8) is 0 Å². The van der Waals surface area contributed by atoms with Crippen LogP contribution in [-0.4, -0.2) is 45.2 Å². The van der Waals surface area contributed by atoms with Crippen LogP contribution < -0.4 is 4.90 Å². The molecule has 0 N–H and O–H groups in total. The third-order valence-electron chi connectivity index (χ3n) is 5.01. The molecule has 2 aromatic heterocycles. The zero-order valence-corrected chi connectivity index (χ0v) is 14.1. The normalized spacial score (nSPS) is 25.6. The number of amides is 1. The van der Waals surface area contributed by atoms with Crippen LogP contribution in [0.1, 0.15) is 24.3 Å². The van der Waals surface area contributed by atoms with E-state index >= 15 is 0 Å². The molecular weight excluding hydrogens is 310 g/mol. The van der Waals surface area contributed by atoms with Gasteiger partial charge < -0.3 is 4.90 Å². The summed E-state index contributed by atoms with van der Waals surface area (Å²) in [7, 11) is 1.89. The van der Waals surface area contributed by atoms with Gasteiger partial charge in [0.05, 0.1) is 23.8 Å². The van der Waals surface area contributed by atoms with Crippen molar-refractivity contribution >= 4 is 22.9 Å². The van der Waals surface area contributed by atoms with Gasteiger partial charge in [0, 0.05) is 37.9 Å². The molecule has 0 unspecified atom stereocenters. The standard InChI is InChI=1S/C16H21N5OS/c1-19-10-13(9-18-19)21-7-4-16(15(21)22)3-2-6-20(12-16)11-14-17-5-8-23-14/h5,8-10H,2-4,6-7,11-12H2,1H3/t16-/m1/s1. The molecule has 0 radical (unpaired) electrons. The van der Waals surface area contributed by atoms with Gasteiger partial charge in [0.15, 0.2) is 0 Å². The van der Waals surface area contributed by atoms with E-state index in [1.807, 2.05) is 29.7 Å². The van der Waals surface area contributed by atoms with Gasteiger partial charge in [-0.15, -0.1) is 11.3 Å². The minimum absolute atomic E-state index is 0.217. The Balaban J connectivity index is 1.50. The zero-order valence-electron chi connectivity index (χ0n) is 13.3. The van der Waals surface area contributed by atoms with E-state index < -0.39 is 0 Å². The Kier molecular flexibility index (Phi) is 3.69. The van der Waals surface area contributed by atoms with Crippen molar-refractivity contribution in [3.05, 3.63) is 29.0 Å². The second-order valence-electron chi connectivity index (χ2n) is 6.60. The molecule has 6 nitrogen and oxygen atoms in total. The molecule has 2 aromatic rings. The van der Waals surface area contributed by atoms with Crippen molar-refractivity contribution in [3.8, 4) is 0 Å². The van der Waals surface area contributed by atoms with E-state index in [0.29, 0.717) is 0 Å². The Morgan fingerprint density at radius 2 is 2.26 bits per heavy atom. The Hall–Kier alpha value is -1.73. The lowest BCUT2D eigenvalue weighted by molar-refractivity contribution is -0.128. The van der Waals surface area contributed by atoms with Gasteiger partial charge in [-0.25, -0.2) is 4.98 Å². The van der Waals surface area contributed by atoms with Gasteiger partial charge in [-0.05, 0) is 25.8 Å². The van der Waals surface area contributed by atoms with Crippen LogP contribution in [0.25, 0.3) is 0 Å². The fraction of sp³-hybridized carbons (Fsp3) is 0.562. The van der Waals surface area contributed by atoms with Crippen molar-refractivity contribution < 1.29 is 4.79 Å². The summed E-state index contributed by atoms with van der Waals surface area (Å²) in [5.74, 6) is 0.273. The number of anilines is 1. The highest BCUT2D eigenvalue weighted by Crippen LogP contribution is 2.42. The molecule has 2 saturated heterocycles. The third kappa shape index (κ3) is 2.68. The molecule has 1 amide bonds. The molecule has 1 spiro atoms. The van der Waals surface area contributed by atoms with Crippen LogP contribution in [0.3, 0.4) is 0 Å². The summed E-state index contributed by atoms with van der Waals surface area (Å²) in [5.41, 5.74) is 0.706. The lowest BCUT2D eigenvalue weighted by atomic mass is 9.78. The van der Waals surface area contributed by atoms with E-state index in [1.54, 1.807) is 22.2 Å². The van der Waals surface area contributed by atoms with Crippen molar-refractivity contribution in [2.45, 2.75) is 25.8 Å². The lowest BCUT2D eigenvalue weighted by Gasteiger charge is -2.38. The maximum atomic E-state index is 13.1. The summed E-state index contributed by atoms with van der Waals surface area (Å²) in [6.07, 6.45) is 8.58. The van der Waals surface area contributed by atoms with Gasteiger partial charge in [0.1, 0.15) is 5.01 Å². The van der Waals surface area contributed by atoms with Crippen LogP contribution in [0, 0.1) is 5.41 Å². The summed E-state index contributed by atoms with van der Waals surface area (Å²) >= 11 is 1.69. The van der Waals surface area contributed by atoms with E-state index in [1.165, 1.54) is 0 Å². The maximum Gasteiger partial charge on any atom is 0.234 e. The third-order valence-corrected chi connectivity index (χ3v) is 5.78. The first-order valence-corrected chi connectivity index (χ1v) is 8.96. The lowest BCUT2D eigenvalue weighted by Crippen LogP contribution is -2.47. The number of carbonyl (C=O) groups is 1. The van der Waals surface area contributed by atoms with Gasteiger partial charge in [-0.2, -0.15) is 5.10 Å². The average molecular weight is 331 g/mol. The Morgan fingerprint density at radius 1 is 1.35 bits per heavy atom. The molecule has 4 rings (SSSR count). The Labute approximate surface area is 139 Å². The van der Waals surface area contributed by atoms with Crippen LogP contribution >= 0.6 is 11.3 Å². The first kappa shape index (κ1) is 14.8. The van der Waals surface area contributed by atoms with Crippen molar-refractivity contribution in [2.24, 2.45) is 12.5 Å². The number of carbonyl (C=O) groups excluding carboxylic acids is 1. The molecule has 7 heteroatoms. The van der Waals surface area contributed by atoms with E-state index in [4.69, 9.17) is 0 Å². The molecule has 23 heavy (non-hydrogen) atoms. The second-order valence-corrected chi connectivity index (χ2v) is 7.58. The molecule has 0 aromatic carbocycles. The zero-order chi connectivity index (χ0) is 15.9. The molecule has 2 aliphatic heterocycles. The first-order chi connectivity index (χ1) is 11.2. The van der Waals surface area contributed by atoms with Gasteiger partial charge >= 0.3 is 0 Å². The molecule has 0 aliphatic carbocycles. The van der Waals surface area contributed by atoms with Crippen LogP contribution in [-0.2, 0) is 18.4 Å². The van der Waals surface area contributed by atoms with Crippen molar-refractivity contribution in [1.82, 2.24) is 19.7 Å². The molecular formula is C16H21N5OS. The number of piperidine rings is 1. The number of thiazole rings is 1. The molecule has 0 saturated carbocycles. The predicted molar refractivity (Wildman–Crippen MR) is 89.2 cm³/mol. The number of nitrogens with zero attached hydrogens (tertiary/aromatic N) is 5. The van der Waals surface area contributed by atoms with Crippen LogP contribution in [0.2, 0.25) is 0 Å².